The number of carbonyl (C=O) groups excluding carboxylic acids is 1. The van der Waals surface area contributed by atoms with E-state index in [0.29, 0.717) is 34.7 Å². The van der Waals surface area contributed by atoms with Crippen molar-refractivity contribution in [3.63, 3.8) is 0 Å². The van der Waals surface area contributed by atoms with Gasteiger partial charge in [-0.05, 0) is 31.2 Å². The molecule has 8 nitrogen and oxygen atoms in total. The molecule has 0 aliphatic heterocycles. The summed E-state index contributed by atoms with van der Waals surface area (Å²) >= 11 is 0. The summed E-state index contributed by atoms with van der Waals surface area (Å²) in [5.41, 5.74) is 0.516. The zero-order valence-electron chi connectivity index (χ0n) is 13.7. The number of hydrogen-bond donors (Lipinski definition) is 2. The second kappa shape index (κ2) is 6.60. The summed E-state index contributed by atoms with van der Waals surface area (Å²) in [6, 6.07) is 8.07. The lowest BCUT2D eigenvalue weighted by Gasteiger charge is -2.09. The third kappa shape index (κ3) is 3.14. The Labute approximate surface area is 142 Å². The molecule has 2 aromatic heterocycles. The number of amides is 1. The predicted octanol–water partition coefficient (Wildman–Crippen LogP) is 1.37. The Kier molecular flexibility index (Phi) is 4.34. The molecule has 3 aromatic rings. The number of ether oxygens (including phenoxy) is 1. The number of rotatable bonds is 4. The van der Waals surface area contributed by atoms with E-state index in [1.807, 2.05) is 0 Å². The molecule has 3 rings (SSSR count). The zero-order chi connectivity index (χ0) is 18.0. The molecule has 0 spiro atoms. The van der Waals surface area contributed by atoms with Crippen LogP contribution < -0.4 is 21.2 Å². The van der Waals surface area contributed by atoms with Crippen molar-refractivity contribution in [1.82, 2.24) is 14.5 Å². The third-order valence-corrected chi connectivity index (χ3v) is 3.76. The van der Waals surface area contributed by atoms with E-state index in [4.69, 9.17) is 4.74 Å². The van der Waals surface area contributed by atoms with Gasteiger partial charge in [0.25, 0.3) is 5.91 Å². The Hall–Kier alpha value is -3.42. The van der Waals surface area contributed by atoms with Gasteiger partial charge >= 0.3 is 11.1 Å². The van der Waals surface area contributed by atoms with Crippen molar-refractivity contribution in [2.75, 3.05) is 12.4 Å². The lowest BCUT2D eigenvalue weighted by Crippen LogP contribution is -2.36. The summed E-state index contributed by atoms with van der Waals surface area (Å²) in [5, 5.41) is 2.71. The molecule has 0 aliphatic rings. The SMILES string of the molecule is CCn1c(=O)c(=O)[nH]c2cc(C(=O)Nc3ccc(OC)nc3)ccc21. The summed E-state index contributed by atoms with van der Waals surface area (Å²) in [4.78, 5) is 42.5. The van der Waals surface area contributed by atoms with Gasteiger partial charge < -0.3 is 19.6 Å². The molecule has 2 heterocycles. The molecule has 1 amide bonds. The molecule has 2 N–H and O–H groups in total. The number of fused-ring (bicyclic) bond motifs is 1. The van der Waals surface area contributed by atoms with E-state index in [1.165, 1.54) is 23.9 Å². The minimum atomic E-state index is -0.716. The van der Waals surface area contributed by atoms with Crippen molar-refractivity contribution in [1.29, 1.82) is 0 Å². The summed E-state index contributed by atoms with van der Waals surface area (Å²) in [6.07, 6.45) is 1.48. The van der Waals surface area contributed by atoms with Gasteiger partial charge in [-0.15, -0.1) is 0 Å². The van der Waals surface area contributed by atoms with Crippen LogP contribution in [0.25, 0.3) is 11.0 Å². The molecule has 8 heteroatoms. The number of nitrogens with one attached hydrogen (secondary N) is 2. The standard InChI is InChI=1S/C17H16N4O4/c1-3-21-13-6-4-10(8-12(13)20-16(23)17(21)24)15(22)19-11-5-7-14(25-2)18-9-11/h4-9H,3H2,1-2H3,(H,19,22)(H,20,23). The second-order valence-corrected chi connectivity index (χ2v) is 5.28. The second-order valence-electron chi connectivity index (χ2n) is 5.28. The van der Waals surface area contributed by atoms with Crippen molar-refractivity contribution < 1.29 is 9.53 Å². The molecule has 128 valence electrons. The number of aryl methyl sites for hydroxylation is 1. The van der Waals surface area contributed by atoms with Gasteiger partial charge in [0.15, 0.2) is 0 Å². The van der Waals surface area contributed by atoms with Crippen LogP contribution in [0.15, 0.2) is 46.1 Å². The van der Waals surface area contributed by atoms with Gasteiger partial charge in [0.1, 0.15) is 0 Å². The number of H-pyrrole nitrogens is 1. The Bertz CT molecular complexity index is 1050. The van der Waals surface area contributed by atoms with E-state index in [9.17, 15) is 14.4 Å². The van der Waals surface area contributed by atoms with E-state index in [1.54, 1.807) is 31.2 Å². The van der Waals surface area contributed by atoms with E-state index in [2.05, 4.69) is 15.3 Å². The van der Waals surface area contributed by atoms with Crippen molar-refractivity contribution in [3.05, 3.63) is 62.8 Å². The summed E-state index contributed by atoms with van der Waals surface area (Å²) in [5.74, 6) is 0.0859. The number of aromatic nitrogens is 3. The van der Waals surface area contributed by atoms with Gasteiger partial charge in [-0.2, -0.15) is 0 Å². The maximum absolute atomic E-state index is 12.4. The first-order chi connectivity index (χ1) is 12.0. The first-order valence-electron chi connectivity index (χ1n) is 7.61. The quantitative estimate of drug-likeness (QED) is 0.698. The number of pyridine rings is 1. The highest BCUT2D eigenvalue weighted by Crippen LogP contribution is 2.15. The zero-order valence-corrected chi connectivity index (χ0v) is 13.7. The summed E-state index contributed by atoms with van der Waals surface area (Å²) in [6.45, 7) is 2.14. The smallest absolute Gasteiger partial charge is 0.316 e. The Morgan fingerprint density at radius 2 is 2.08 bits per heavy atom. The van der Waals surface area contributed by atoms with E-state index < -0.39 is 11.1 Å². The molecule has 0 unspecified atom stereocenters. The molecule has 1 aromatic carbocycles. The molecule has 25 heavy (non-hydrogen) atoms. The minimum absolute atomic E-state index is 0.347. The third-order valence-electron chi connectivity index (χ3n) is 3.76. The summed E-state index contributed by atoms with van der Waals surface area (Å²) < 4.78 is 6.33. The predicted molar refractivity (Wildman–Crippen MR) is 93.2 cm³/mol. The number of nitrogens with zero attached hydrogens (tertiary/aromatic N) is 2. The van der Waals surface area contributed by atoms with Gasteiger partial charge in [0.2, 0.25) is 5.88 Å². The molecule has 0 saturated heterocycles. The lowest BCUT2D eigenvalue weighted by atomic mass is 10.1. The number of carbonyl (C=O) groups is 1. The van der Waals surface area contributed by atoms with E-state index in [0.717, 1.165) is 0 Å². The highest BCUT2D eigenvalue weighted by molar-refractivity contribution is 6.05. The van der Waals surface area contributed by atoms with Gasteiger partial charge in [-0.1, -0.05) is 0 Å². The van der Waals surface area contributed by atoms with E-state index >= 15 is 0 Å². The molecular weight excluding hydrogens is 324 g/mol. The average Bonchev–Trinajstić information content (AvgIpc) is 2.63. The first kappa shape index (κ1) is 16.4. The van der Waals surface area contributed by atoms with Crippen LogP contribution >= 0.6 is 0 Å². The van der Waals surface area contributed by atoms with Crippen LogP contribution in [0.2, 0.25) is 0 Å². The van der Waals surface area contributed by atoms with Gasteiger partial charge in [0.05, 0.1) is 30.0 Å². The number of methoxy groups -OCH3 is 1. The summed E-state index contributed by atoms with van der Waals surface area (Å²) in [7, 11) is 1.51. The maximum Gasteiger partial charge on any atom is 0.316 e. The van der Waals surface area contributed by atoms with Crippen molar-refractivity contribution in [3.8, 4) is 5.88 Å². The van der Waals surface area contributed by atoms with E-state index in [-0.39, 0.29) is 5.91 Å². The highest BCUT2D eigenvalue weighted by atomic mass is 16.5. The largest absolute Gasteiger partial charge is 0.481 e. The monoisotopic (exact) mass is 340 g/mol. The Balaban J connectivity index is 1.95. The molecule has 0 radical (unpaired) electrons. The topological polar surface area (TPSA) is 106 Å². The molecule has 0 bridgehead atoms. The fraction of sp³-hybridized carbons (Fsp3) is 0.176. The van der Waals surface area contributed by atoms with Crippen LogP contribution in [0.4, 0.5) is 5.69 Å². The van der Waals surface area contributed by atoms with Crippen LogP contribution in [-0.4, -0.2) is 27.6 Å². The van der Waals surface area contributed by atoms with Gasteiger partial charge in [0, 0.05) is 18.2 Å². The number of benzene rings is 1. The molecule has 0 atom stereocenters. The fourth-order valence-corrected chi connectivity index (χ4v) is 2.51. The molecule has 0 saturated carbocycles. The minimum Gasteiger partial charge on any atom is -0.481 e. The highest BCUT2D eigenvalue weighted by Gasteiger charge is 2.11. The van der Waals surface area contributed by atoms with Crippen molar-refractivity contribution in [2.45, 2.75) is 13.5 Å². The van der Waals surface area contributed by atoms with Crippen LogP contribution in [0.1, 0.15) is 17.3 Å². The first-order valence-corrected chi connectivity index (χ1v) is 7.61. The van der Waals surface area contributed by atoms with Gasteiger partial charge in [-0.3, -0.25) is 14.4 Å². The number of aromatic amines is 1. The maximum atomic E-state index is 12.4. The van der Waals surface area contributed by atoms with Crippen LogP contribution in [0.5, 0.6) is 5.88 Å². The van der Waals surface area contributed by atoms with Crippen LogP contribution in [-0.2, 0) is 6.54 Å². The fourth-order valence-electron chi connectivity index (χ4n) is 2.51. The lowest BCUT2D eigenvalue weighted by molar-refractivity contribution is 0.102. The normalized spacial score (nSPS) is 10.6. The van der Waals surface area contributed by atoms with Crippen molar-refractivity contribution >= 4 is 22.6 Å². The van der Waals surface area contributed by atoms with Crippen LogP contribution in [0.3, 0.4) is 0 Å². The number of anilines is 1. The average molecular weight is 340 g/mol. The Morgan fingerprint density at radius 3 is 2.72 bits per heavy atom. The van der Waals surface area contributed by atoms with Crippen LogP contribution in [0, 0.1) is 0 Å². The van der Waals surface area contributed by atoms with Crippen molar-refractivity contribution in [2.24, 2.45) is 0 Å². The molecule has 0 aliphatic carbocycles. The molecular formula is C17H16N4O4. The molecule has 0 fully saturated rings. The Morgan fingerprint density at radius 1 is 1.28 bits per heavy atom. The van der Waals surface area contributed by atoms with Gasteiger partial charge in [-0.25, -0.2) is 4.98 Å². The number of hydrogen-bond acceptors (Lipinski definition) is 5.